The number of hydrogen-bond donors (Lipinski definition) is 3. The summed E-state index contributed by atoms with van der Waals surface area (Å²) in [5.41, 5.74) is 0. The Bertz CT molecular complexity index is 414. The topological polar surface area (TPSA) is 112 Å². The van der Waals surface area contributed by atoms with Gasteiger partial charge in [-0.25, -0.2) is 0 Å². The number of aliphatic carboxylic acids is 3. The van der Waals surface area contributed by atoms with Crippen LogP contribution in [0, 0.1) is 0 Å². The molecule has 0 aliphatic carbocycles. The summed E-state index contributed by atoms with van der Waals surface area (Å²) in [6.07, 6.45) is 22.3. The Morgan fingerprint density at radius 2 is 0.933 bits per heavy atom. The summed E-state index contributed by atoms with van der Waals surface area (Å²) in [6, 6.07) is 0. The minimum absolute atomic E-state index is 0.292. The minimum atomic E-state index is -0.833. The quantitative estimate of drug-likeness (QED) is 0.168. The number of carboxylic acid groups (broad SMARTS) is 3. The molecule has 0 radical (unpaired) electrons. The molecule has 0 heterocycles. The van der Waals surface area contributed by atoms with Gasteiger partial charge in [-0.05, 0) is 38.5 Å². The SMILES string of the molecule is CC(=O)O.CCCC(=O)O.CCCCCCCCC=CCCCCCCCC(=O)O. The van der Waals surface area contributed by atoms with Gasteiger partial charge in [0.25, 0.3) is 5.97 Å². The molecule has 0 fully saturated rings. The Hall–Kier alpha value is -1.85. The standard InChI is InChI=1S/C18H34O2.C4H8O2.C2H4O2/c1-2-3-4-5-6-7-8-9-10-11-12-13-14-15-16-17-18(19)20;1-2-3-4(5)6;1-2(3)4/h9-10H,2-8,11-17H2,1H3,(H,19,20);2-3H2,1H3,(H,5,6);1H3,(H,3,4). The lowest BCUT2D eigenvalue weighted by molar-refractivity contribution is -0.138. The van der Waals surface area contributed by atoms with Gasteiger partial charge >= 0.3 is 11.9 Å². The van der Waals surface area contributed by atoms with Gasteiger partial charge in [0.1, 0.15) is 0 Å². The van der Waals surface area contributed by atoms with E-state index in [9.17, 15) is 9.59 Å². The van der Waals surface area contributed by atoms with Gasteiger partial charge in [-0.1, -0.05) is 77.4 Å². The Kier molecular flexibility index (Phi) is 32.1. The van der Waals surface area contributed by atoms with Crippen LogP contribution in [0.15, 0.2) is 12.2 Å². The Morgan fingerprint density at radius 1 is 0.567 bits per heavy atom. The number of unbranched alkanes of at least 4 members (excludes halogenated alkanes) is 11. The highest BCUT2D eigenvalue weighted by atomic mass is 16.4. The van der Waals surface area contributed by atoms with Gasteiger partial charge < -0.3 is 15.3 Å². The monoisotopic (exact) mass is 430 g/mol. The molecule has 0 spiro atoms. The third-order valence-electron chi connectivity index (χ3n) is 4.12. The van der Waals surface area contributed by atoms with Crippen molar-refractivity contribution in [1.82, 2.24) is 0 Å². The minimum Gasteiger partial charge on any atom is -0.481 e. The van der Waals surface area contributed by atoms with E-state index >= 15 is 0 Å². The Morgan fingerprint density at radius 3 is 1.27 bits per heavy atom. The van der Waals surface area contributed by atoms with Crippen LogP contribution in [0.1, 0.15) is 124 Å². The van der Waals surface area contributed by atoms with Gasteiger partial charge in [-0.3, -0.25) is 14.4 Å². The summed E-state index contributed by atoms with van der Waals surface area (Å²) in [5, 5.41) is 23.8. The number of rotatable bonds is 17. The van der Waals surface area contributed by atoms with Crippen LogP contribution in [0.25, 0.3) is 0 Å². The van der Waals surface area contributed by atoms with Crippen LogP contribution in [0.4, 0.5) is 0 Å². The second kappa shape index (κ2) is 29.4. The molecule has 0 saturated carbocycles. The first-order valence-electron chi connectivity index (χ1n) is 11.6. The van der Waals surface area contributed by atoms with Crippen LogP contribution in [0.2, 0.25) is 0 Å². The fourth-order valence-corrected chi connectivity index (χ4v) is 2.56. The number of hydrogen-bond acceptors (Lipinski definition) is 3. The van der Waals surface area contributed by atoms with E-state index in [1.807, 2.05) is 6.92 Å². The second-order valence-corrected chi connectivity index (χ2v) is 7.39. The molecule has 3 N–H and O–H groups in total. The highest BCUT2D eigenvalue weighted by molar-refractivity contribution is 5.66. The highest BCUT2D eigenvalue weighted by Gasteiger charge is 1.95. The van der Waals surface area contributed by atoms with Crippen molar-refractivity contribution in [1.29, 1.82) is 0 Å². The molecule has 0 aliphatic rings. The Labute approximate surface area is 183 Å². The van der Waals surface area contributed by atoms with Crippen LogP contribution >= 0.6 is 0 Å². The summed E-state index contributed by atoms with van der Waals surface area (Å²) >= 11 is 0. The molecule has 178 valence electrons. The first kappa shape index (κ1) is 32.8. The lowest BCUT2D eigenvalue weighted by atomic mass is 10.1. The predicted molar refractivity (Wildman–Crippen MR) is 123 cm³/mol. The van der Waals surface area contributed by atoms with E-state index in [-0.39, 0.29) is 0 Å². The van der Waals surface area contributed by atoms with Crippen molar-refractivity contribution in [3.05, 3.63) is 12.2 Å². The fourth-order valence-electron chi connectivity index (χ4n) is 2.56. The third-order valence-corrected chi connectivity index (χ3v) is 4.12. The first-order valence-corrected chi connectivity index (χ1v) is 11.6. The van der Waals surface area contributed by atoms with Gasteiger partial charge in [0.2, 0.25) is 0 Å². The number of carboxylic acids is 3. The average Bonchev–Trinajstić information content (AvgIpc) is 2.64. The van der Waals surface area contributed by atoms with Crippen molar-refractivity contribution < 1.29 is 29.7 Å². The normalized spacial score (nSPS) is 9.97. The highest BCUT2D eigenvalue weighted by Crippen LogP contribution is 2.09. The maximum absolute atomic E-state index is 10.3. The predicted octanol–water partition coefficient (Wildman–Crippen LogP) is 7.07. The number of allylic oxidation sites excluding steroid dienone is 2. The molecule has 0 aromatic heterocycles. The second-order valence-electron chi connectivity index (χ2n) is 7.39. The summed E-state index contributed by atoms with van der Waals surface area (Å²) in [7, 11) is 0. The van der Waals surface area contributed by atoms with E-state index in [0.29, 0.717) is 12.8 Å². The van der Waals surface area contributed by atoms with Crippen LogP contribution in [0.3, 0.4) is 0 Å². The van der Waals surface area contributed by atoms with E-state index in [1.165, 1.54) is 70.6 Å². The van der Waals surface area contributed by atoms with Crippen molar-refractivity contribution in [3.63, 3.8) is 0 Å². The molecule has 0 bridgehead atoms. The molecular weight excluding hydrogens is 384 g/mol. The lowest BCUT2D eigenvalue weighted by Gasteiger charge is -1.99. The van der Waals surface area contributed by atoms with Crippen molar-refractivity contribution >= 4 is 17.9 Å². The van der Waals surface area contributed by atoms with Crippen molar-refractivity contribution in [3.8, 4) is 0 Å². The lowest BCUT2D eigenvalue weighted by Crippen LogP contribution is -1.93. The summed E-state index contributed by atoms with van der Waals surface area (Å²) < 4.78 is 0. The Balaban J connectivity index is -0.000000600. The molecule has 0 rings (SSSR count). The largest absolute Gasteiger partial charge is 0.481 e. The summed E-state index contributed by atoms with van der Waals surface area (Å²) in [4.78, 5) is 28.9. The van der Waals surface area contributed by atoms with Gasteiger partial charge in [0, 0.05) is 19.8 Å². The van der Waals surface area contributed by atoms with Crippen LogP contribution in [-0.2, 0) is 14.4 Å². The molecule has 0 amide bonds. The first-order chi connectivity index (χ1) is 14.3. The van der Waals surface area contributed by atoms with Crippen molar-refractivity contribution in [2.24, 2.45) is 0 Å². The average molecular weight is 431 g/mol. The molecule has 0 saturated heterocycles. The van der Waals surface area contributed by atoms with Crippen LogP contribution < -0.4 is 0 Å². The molecule has 30 heavy (non-hydrogen) atoms. The van der Waals surface area contributed by atoms with E-state index in [2.05, 4.69) is 19.1 Å². The zero-order valence-electron chi connectivity index (χ0n) is 19.5. The molecule has 0 aromatic rings. The third kappa shape index (κ3) is 50.2. The number of carbonyl (C=O) groups is 3. The molecule has 0 aromatic carbocycles. The van der Waals surface area contributed by atoms with Crippen LogP contribution in [-0.4, -0.2) is 33.2 Å². The zero-order valence-corrected chi connectivity index (χ0v) is 19.5. The molecule has 6 nitrogen and oxygen atoms in total. The van der Waals surface area contributed by atoms with E-state index in [4.69, 9.17) is 20.1 Å². The fraction of sp³-hybridized carbons (Fsp3) is 0.792. The molecule has 6 heteroatoms. The molecule has 0 aliphatic heterocycles. The van der Waals surface area contributed by atoms with Gasteiger partial charge in [0.15, 0.2) is 0 Å². The van der Waals surface area contributed by atoms with Crippen molar-refractivity contribution in [2.75, 3.05) is 0 Å². The maximum atomic E-state index is 10.3. The summed E-state index contributed by atoms with van der Waals surface area (Å²) in [6.45, 7) is 5.18. The van der Waals surface area contributed by atoms with E-state index < -0.39 is 17.9 Å². The molecular formula is C24H46O6. The van der Waals surface area contributed by atoms with E-state index in [1.54, 1.807) is 0 Å². The molecule has 0 atom stereocenters. The van der Waals surface area contributed by atoms with Crippen LogP contribution in [0.5, 0.6) is 0 Å². The van der Waals surface area contributed by atoms with Crippen molar-refractivity contribution in [2.45, 2.75) is 124 Å². The zero-order chi connectivity index (χ0) is 23.5. The van der Waals surface area contributed by atoms with Gasteiger partial charge in [-0.15, -0.1) is 0 Å². The van der Waals surface area contributed by atoms with Gasteiger partial charge in [0.05, 0.1) is 0 Å². The van der Waals surface area contributed by atoms with E-state index in [0.717, 1.165) is 26.2 Å². The van der Waals surface area contributed by atoms with Gasteiger partial charge in [-0.2, -0.15) is 0 Å². The smallest absolute Gasteiger partial charge is 0.303 e. The summed E-state index contributed by atoms with van der Waals surface area (Å²) in [5.74, 6) is -2.21. The maximum Gasteiger partial charge on any atom is 0.303 e. The molecule has 0 unspecified atom stereocenters.